The molecule has 1 aliphatic heterocycles. The number of allylic oxidation sites excluding steroid dienone is 8. The number of fused-ring (bicyclic) bond motifs is 2. The Morgan fingerprint density at radius 2 is 1.50 bits per heavy atom. The second-order valence-corrected chi connectivity index (χ2v) is 13.3. The van der Waals surface area contributed by atoms with Crippen LogP contribution in [0.15, 0.2) is 159 Å². The Morgan fingerprint density at radius 3 is 2.28 bits per heavy atom. The van der Waals surface area contributed by atoms with Crippen molar-refractivity contribution in [3.63, 3.8) is 0 Å². The summed E-state index contributed by atoms with van der Waals surface area (Å²) in [6.45, 7) is 0. The SMILES string of the molecule is CN(C)c1ccc2c(/C=C/C3=C(Cl)C(=C/C=C4\C=C(c5ccccc5)Sc5ccccc54)/CCC3)cc(-c3ccccc3)[o+]c2c1. The average Bonchev–Trinajstić information content (AvgIpc) is 3.10. The number of hydrogen-bond acceptors (Lipinski definition) is 2. The Hall–Kier alpha value is -4.57. The molecule has 1 aliphatic carbocycles. The summed E-state index contributed by atoms with van der Waals surface area (Å²) in [5.74, 6) is 0.841. The van der Waals surface area contributed by atoms with Crippen molar-refractivity contribution in [2.45, 2.75) is 24.2 Å². The van der Waals surface area contributed by atoms with Gasteiger partial charge in [-0.05, 0) is 83.5 Å². The van der Waals surface area contributed by atoms with Gasteiger partial charge < -0.3 is 4.90 Å². The van der Waals surface area contributed by atoms with Gasteiger partial charge in [-0.3, -0.25) is 0 Å². The molecule has 0 N–H and O–H groups in total. The highest BCUT2D eigenvalue weighted by Gasteiger charge is 2.21. The van der Waals surface area contributed by atoms with Gasteiger partial charge in [0, 0.05) is 40.2 Å². The molecule has 4 aromatic carbocycles. The summed E-state index contributed by atoms with van der Waals surface area (Å²) >= 11 is 8.97. The largest absolute Gasteiger partial charge is 0.377 e. The van der Waals surface area contributed by atoms with Crippen molar-refractivity contribution in [1.29, 1.82) is 0 Å². The van der Waals surface area contributed by atoms with Crippen LogP contribution in [0.3, 0.4) is 0 Å². The van der Waals surface area contributed by atoms with Crippen LogP contribution in [0.2, 0.25) is 0 Å². The van der Waals surface area contributed by atoms with Crippen molar-refractivity contribution in [3.8, 4) is 11.3 Å². The van der Waals surface area contributed by atoms with E-state index in [2.05, 4.69) is 126 Å². The summed E-state index contributed by atoms with van der Waals surface area (Å²) in [5, 5.41) is 1.93. The Labute approximate surface area is 280 Å². The molecule has 226 valence electrons. The lowest BCUT2D eigenvalue weighted by Crippen LogP contribution is -2.08. The standard InChI is InChI=1S/C42H35ClNOS/c1-44(2)35-24-25-36-33(26-38(45-39(36)28-35)29-12-5-3-6-13-29)22-20-31-16-11-17-32(42(31)43)21-23-34-27-41(30-14-7-4-8-15-30)46-40-19-10-9-18-37(34)40/h3-10,12-15,18-28H,11,16-17H2,1-2H3/q+1/b22-20+,32-21+,34-23+. The van der Waals surface area contributed by atoms with Gasteiger partial charge in [-0.25, -0.2) is 4.42 Å². The number of rotatable bonds is 6. The van der Waals surface area contributed by atoms with Crippen LogP contribution in [0.4, 0.5) is 5.69 Å². The smallest absolute Gasteiger partial charge is 0.363 e. The molecule has 5 aromatic rings. The van der Waals surface area contributed by atoms with Gasteiger partial charge >= 0.3 is 11.3 Å². The van der Waals surface area contributed by atoms with Crippen LogP contribution in [-0.4, -0.2) is 14.1 Å². The second-order valence-electron chi connectivity index (χ2n) is 11.8. The lowest BCUT2D eigenvalue weighted by atomic mass is 9.93. The molecule has 2 nitrogen and oxygen atoms in total. The number of thioether (sulfide) groups is 1. The van der Waals surface area contributed by atoms with Crippen LogP contribution in [0, 0.1) is 0 Å². The normalized spacial score (nSPS) is 16.7. The van der Waals surface area contributed by atoms with Crippen molar-refractivity contribution in [2.24, 2.45) is 0 Å². The molecule has 0 atom stereocenters. The van der Waals surface area contributed by atoms with E-state index < -0.39 is 0 Å². The number of hydrogen-bond donors (Lipinski definition) is 0. The summed E-state index contributed by atoms with van der Waals surface area (Å²) < 4.78 is 6.44. The lowest BCUT2D eigenvalue weighted by molar-refractivity contribution is 0.620. The van der Waals surface area contributed by atoms with Gasteiger partial charge in [0.1, 0.15) is 0 Å². The molecule has 2 aliphatic rings. The summed E-state index contributed by atoms with van der Waals surface area (Å²) in [7, 11) is 4.10. The molecular weight excluding hydrogens is 602 g/mol. The summed E-state index contributed by atoms with van der Waals surface area (Å²) in [5.41, 5.74) is 10.2. The first-order valence-electron chi connectivity index (χ1n) is 15.7. The monoisotopic (exact) mass is 636 g/mol. The third kappa shape index (κ3) is 6.39. The van der Waals surface area contributed by atoms with Gasteiger partial charge in [-0.15, -0.1) is 0 Å². The van der Waals surface area contributed by atoms with E-state index in [0.717, 1.165) is 63.4 Å². The lowest BCUT2D eigenvalue weighted by Gasteiger charge is -2.20. The highest BCUT2D eigenvalue weighted by molar-refractivity contribution is 8.08. The zero-order valence-corrected chi connectivity index (χ0v) is 27.6. The second kappa shape index (κ2) is 13.4. The predicted molar refractivity (Wildman–Crippen MR) is 199 cm³/mol. The van der Waals surface area contributed by atoms with Gasteiger partial charge in [0.25, 0.3) is 0 Å². The molecule has 0 bridgehead atoms. The zero-order valence-electron chi connectivity index (χ0n) is 26.0. The Kier molecular flexibility index (Phi) is 8.78. The van der Waals surface area contributed by atoms with Crippen LogP contribution in [0.25, 0.3) is 38.8 Å². The van der Waals surface area contributed by atoms with E-state index in [4.69, 9.17) is 16.0 Å². The van der Waals surface area contributed by atoms with Gasteiger partial charge in [-0.1, -0.05) is 114 Å². The summed E-state index contributed by atoms with van der Waals surface area (Å²) in [6, 6.07) is 38.1. The van der Waals surface area contributed by atoms with E-state index in [0.29, 0.717) is 0 Å². The van der Waals surface area contributed by atoms with Crippen molar-refractivity contribution >= 4 is 56.6 Å². The molecule has 0 saturated carbocycles. The Balaban J connectivity index is 1.25. The van der Waals surface area contributed by atoms with E-state index in [1.807, 2.05) is 44.1 Å². The number of nitrogens with zero attached hydrogens (tertiary/aromatic N) is 1. The molecular formula is C42H35ClNOS+. The Bertz CT molecular complexity index is 2070. The van der Waals surface area contributed by atoms with Crippen LogP contribution in [0.1, 0.15) is 36.0 Å². The van der Waals surface area contributed by atoms with Crippen molar-refractivity contribution < 1.29 is 4.42 Å². The number of anilines is 1. The van der Waals surface area contributed by atoms with E-state index in [9.17, 15) is 0 Å². The number of halogens is 1. The molecule has 0 radical (unpaired) electrons. The minimum atomic E-state index is 0.841. The fraction of sp³-hybridized carbons (Fsp3) is 0.119. The fourth-order valence-electron chi connectivity index (χ4n) is 5.99. The van der Waals surface area contributed by atoms with E-state index in [1.54, 1.807) is 0 Å². The quantitative estimate of drug-likeness (QED) is 0.172. The van der Waals surface area contributed by atoms with Crippen LogP contribution in [0.5, 0.6) is 0 Å². The minimum Gasteiger partial charge on any atom is -0.377 e. The first-order chi connectivity index (χ1) is 22.5. The Morgan fingerprint density at radius 1 is 0.761 bits per heavy atom. The maximum Gasteiger partial charge on any atom is 0.363 e. The molecule has 0 spiro atoms. The average molecular weight is 637 g/mol. The maximum absolute atomic E-state index is 7.15. The summed E-state index contributed by atoms with van der Waals surface area (Å²) in [6.07, 6.45) is 14.1. The summed E-state index contributed by atoms with van der Waals surface area (Å²) in [4.78, 5) is 4.63. The minimum absolute atomic E-state index is 0.841. The topological polar surface area (TPSA) is 14.5 Å². The van der Waals surface area contributed by atoms with Crippen LogP contribution < -0.4 is 4.90 Å². The fourth-order valence-corrected chi connectivity index (χ4v) is 7.43. The van der Waals surface area contributed by atoms with Crippen LogP contribution >= 0.6 is 23.4 Å². The van der Waals surface area contributed by atoms with Gasteiger partial charge in [0.05, 0.1) is 23.1 Å². The van der Waals surface area contributed by atoms with E-state index in [-0.39, 0.29) is 0 Å². The van der Waals surface area contributed by atoms with E-state index in [1.165, 1.54) is 32.1 Å². The van der Waals surface area contributed by atoms with E-state index >= 15 is 0 Å². The highest BCUT2D eigenvalue weighted by atomic mass is 35.5. The van der Waals surface area contributed by atoms with Crippen molar-refractivity contribution in [2.75, 3.05) is 19.0 Å². The molecule has 0 amide bonds. The molecule has 1 aromatic heterocycles. The first-order valence-corrected chi connectivity index (χ1v) is 16.9. The van der Waals surface area contributed by atoms with Crippen LogP contribution in [-0.2, 0) is 0 Å². The molecule has 0 fully saturated rings. The first kappa shape index (κ1) is 30.1. The third-order valence-electron chi connectivity index (χ3n) is 8.50. The highest BCUT2D eigenvalue weighted by Crippen LogP contribution is 2.45. The third-order valence-corrected chi connectivity index (χ3v) is 10.1. The molecule has 7 rings (SSSR count). The zero-order chi connectivity index (χ0) is 31.5. The van der Waals surface area contributed by atoms with Crippen molar-refractivity contribution in [3.05, 3.63) is 166 Å². The van der Waals surface area contributed by atoms with Gasteiger partial charge in [0.2, 0.25) is 0 Å². The molecule has 0 saturated heterocycles. The molecule has 2 heterocycles. The molecule has 46 heavy (non-hydrogen) atoms. The van der Waals surface area contributed by atoms with Crippen molar-refractivity contribution in [1.82, 2.24) is 0 Å². The number of benzene rings is 4. The van der Waals surface area contributed by atoms with Gasteiger partial charge in [0.15, 0.2) is 0 Å². The molecule has 0 unspecified atom stereocenters. The maximum atomic E-state index is 7.15. The van der Waals surface area contributed by atoms with Gasteiger partial charge in [-0.2, -0.15) is 0 Å². The predicted octanol–water partition coefficient (Wildman–Crippen LogP) is 12.3. The molecule has 4 heteroatoms.